The van der Waals surface area contributed by atoms with Crippen LogP contribution < -0.4 is 10.6 Å². The van der Waals surface area contributed by atoms with Gasteiger partial charge in [-0.1, -0.05) is 32.0 Å². The minimum atomic E-state index is -0.629. The van der Waals surface area contributed by atoms with Crippen molar-refractivity contribution >= 4 is 11.8 Å². The SMILES string of the molecule is Cc1ccc(C(CNC(=O)C(NC(=O)c2ccccc2C)C(C)C)N2CCOCC2)o1. The molecule has 2 N–H and O–H groups in total. The van der Waals surface area contributed by atoms with Crippen LogP contribution in [0.1, 0.15) is 47.3 Å². The van der Waals surface area contributed by atoms with Gasteiger partial charge in [-0.05, 0) is 43.5 Å². The molecule has 2 aromatic rings. The Morgan fingerprint density at radius 3 is 2.39 bits per heavy atom. The number of hydrogen-bond donors (Lipinski definition) is 2. The Labute approximate surface area is 184 Å². The summed E-state index contributed by atoms with van der Waals surface area (Å²) in [6.45, 7) is 10.9. The fourth-order valence-corrected chi connectivity index (χ4v) is 3.82. The lowest BCUT2D eigenvalue weighted by atomic mass is 10.0. The Morgan fingerprint density at radius 1 is 1.06 bits per heavy atom. The Balaban J connectivity index is 1.68. The largest absolute Gasteiger partial charge is 0.465 e. The smallest absolute Gasteiger partial charge is 0.252 e. The zero-order valence-corrected chi connectivity index (χ0v) is 18.8. The standard InChI is InChI=1S/C24H33N3O4/c1-16(2)22(26-23(28)19-8-6-5-7-17(19)3)24(29)25-15-20(21-10-9-18(4)31-21)27-11-13-30-14-12-27/h5-10,16,20,22H,11-15H2,1-4H3,(H,25,29)(H,26,28). The van der Waals surface area contributed by atoms with Gasteiger partial charge in [0.15, 0.2) is 0 Å². The predicted octanol–water partition coefficient (Wildman–Crippen LogP) is 2.84. The zero-order chi connectivity index (χ0) is 22.4. The third-order valence-electron chi connectivity index (χ3n) is 5.67. The number of amides is 2. The molecular formula is C24H33N3O4. The monoisotopic (exact) mass is 427 g/mol. The predicted molar refractivity (Wildman–Crippen MR) is 119 cm³/mol. The van der Waals surface area contributed by atoms with Gasteiger partial charge in [-0.15, -0.1) is 0 Å². The van der Waals surface area contributed by atoms with Gasteiger partial charge in [0.25, 0.3) is 5.91 Å². The van der Waals surface area contributed by atoms with Crippen LogP contribution in [0.15, 0.2) is 40.8 Å². The molecule has 2 atom stereocenters. The topological polar surface area (TPSA) is 83.8 Å². The average molecular weight is 428 g/mol. The van der Waals surface area contributed by atoms with Crippen LogP contribution in [-0.2, 0) is 9.53 Å². The van der Waals surface area contributed by atoms with E-state index in [0.29, 0.717) is 25.3 Å². The average Bonchev–Trinajstić information content (AvgIpc) is 3.18. The molecule has 0 aliphatic carbocycles. The van der Waals surface area contributed by atoms with Crippen LogP contribution in [0.25, 0.3) is 0 Å². The molecule has 1 aliphatic heterocycles. The summed E-state index contributed by atoms with van der Waals surface area (Å²) in [6, 6.07) is 10.6. The molecule has 1 aromatic heterocycles. The lowest BCUT2D eigenvalue weighted by Gasteiger charge is -2.34. The number of carbonyl (C=O) groups excluding carboxylic acids is 2. The third-order valence-corrected chi connectivity index (χ3v) is 5.67. The van der Waals surface area contributed by atoms with Crippen molar-refractivity contribution in [3.63, 3.8) is 0 Å². The number of furan rings is 1. The quantitative estimate of drug-likeness (QED) is 0.677. The lowest BCUT2D eigenvalue weighted by Crippen LogP contribution is -2.52. The molecule has 2 unspecified atom stereocenters. The van der Waals surface area contributed by atoms with E-state index in [0.717, 1.165) is 30.2 Å². The number of nitrogens with zero attached hydrogens (tertiary/aromatic N) is 1. The molecule has 3 rings (SSSR count). The number of nitrogens with one attached hydrogen (secondary N) is 2. The van der Waals surface area contributed by atoms with Gasteiger partial charge < -0.3 is 19.8 Å². The number of morpholine rings is 1. The molecule has 7 heteroatoms. The highest BCUT2D eigenvalue weighted by Gasteiger charge is 2.29. The third kappa shape index (κ3) is 5.95. The van der Waals surface area contributed by atoms with E-state index in [2.05, 4.69) is 15.5 Å². The second kappa shape index (κ2) is 10.6. The Morgan fingerprint density at radius 2 is 1.77 bits per heavy atom. The fraction of sp³-hybridized carbons (Fsp3) is 0.500. The van der Waals surface area contributed by atoms with Crippen molar-refractivity contribution in [2.24, 2.45) is 5.92 Å². The van der Waals surface area contributed by atoms with E-state index in [1.54, 1.807) is 6.07 Å². The van der Waals surface area contributed by atoms with E-state index in [9.17, 15) is 9.59 Å². The van der Waals surface area contributed by atoms with E-state index in [1.165, 1.54) is 0 Å². The van der Waals surface area contributed by atoms with Crippen molar-refractivity contribution < 1.29 is 18.7 Å². The van der Waals surface area contributed by atoms with Crippen LogP contribution in [0.2, 0.25) is 0 Å². The van der Waals surface area contributed by atoms with Crippen molar-refractivity contribution in [2.75, 3.05) is 32.8 Å². The minimum absolute atomic E-state index is 0.0549. The zero-order valence-electron chi connectivity index (χ0n) is 18.8. The first-order valence-corrected chi connectivity index (χ1v) is 10.9. The summed E-state index contributed by atoms with van der Waals surface area (Å²) in [6.07, 6.45) is 0. The van der Waals surface area contributed by atoms with Gasteiger partial charge in [0, 0.05) is 25.2 Å². The van der Waals surface area contributed by atoms with E-state index in [1.807, 2.05) is 58.0 Å². The molecule has 0 bridgehead atoms. The molecule has 7 nitrogen and oxygen atoms in total. The van der Waals surface area contributed by atoms with Crippen LogP contribution in [-0.4, -0.2) is 55.6 Å². The molecule has 1 saturated heterocycles. The van der Waals surface area contributed by atoms with E-state index in [-0.39, 0.29) is 23.8 Å². The Hall–Kier alpha value is -2.64. The highest BCUT2D eigenvalue weighted by atomic mass is 16.5. The maximum Gasteiger partial charge on any atom is 0.252 e. The number of hydrogen-bond acceptors (Lipinski definition) is 5. The molecule has 31 heavy (non-hydrogen) atoms. The molecule has 168 valence electrons. The van der Waals surface area contributed by atoms with E-state index in [4.69, 9.17) is 9.15 Å². The fourth-order valence-electron chi connectivity index (χ4n) is 3.82. The van der Waals surface area contributed by atoms with Gasteiger partial charge in [0.2, 0.25) is 5.91 Å². The molecule has 0 radical (unpaired) electrons. The van der Waals surface area contributed by atoms with Crippen molar-refractivity contribution in [1.82, 2.24) is 15.5 Å². The normalized spacial score (nSPS) is 16.7. The number of benzene rings is 1. The lowest BCUT2D eigenvalue weighted by molar-refractivity contribution is -0.124. The van der Waals surface area contributed by atoms with E-state index < -0.39 is 6.04 Å². The minimum Gasteiger partial charge on any atom is -0.465 e. The summed E-state index contributed by atoms with van der Waals surface area (Å²) in [4.78, 5) is 28.1. The van der Waals surface area contributed by atoms with Gasteiger partial charge in [0.05, 0.1) is 19.3 Å². The second-order valence-corrected chi connectivity index (χ2v) is 8.37. The van der Waals surface area contributed by atoms with Gasteiger partial charge >= 0.3 is 0 Å². The first kappa shape index (κ1) is 23.0. The van der Waals surface area contributed by atoms with Crippen molar-refractivity contribution in [3.05, 3.63) is 59.0 Å². The number of rotatable bonds is 8. The maximum absolute atomic E-state index is 13.1. The molecule has 0 saturated carbocycles. The van der Waals surface area contributed by atoms with Crippen molar-refractivity contribution in [2.45, 2.75) is 39.8 Å². The number of carbonyl (C=O) groups is 2. The van der Waals surface area contributed by atoms with Crippen LogP contribution in [0, 0.1) is 19.8 Å². The van der Waals surface area contributed by atoms with Crippen LogP contribution >= 0.6 is 0 Å². The Bertz CT molecular complexity index is 886. The highest BCUT2D eigenvalue weighted by Crippen LogP contribution is 2.23. The maximum atomic E-state index is 13.1. The van der Waals surface area contributed by atoms with Crippen LogP contribution in [0.4, 0.5) is 0 Å². The highest BCUT2D eigenvalue weighted by molar-refractivity contribution is 5.98. The molecular weight excluding hydrogens is 394 g/mol. The van der Waals surface area contributed by atoms with Crippen molar-refractivity contribution in [1.29, 1.82) is 0 Å². The number of ether oxygens (including phenoxy) is 1. The molecule has 1 aromatic carbocycles. The first-order valence-electron chi connectivity index (χ1n) is 10.9. The molecule has 2 amide bonds. The summed E-state index contributed by atoms with van der Waals surface area (Å²) >= 11 is 0. The Kier molecular flexibility index (Phi) is 7.87. The summed E-state index contributed by atoms with van der Waals surface area (Å²) in [7, 11) is 0. The number of aryl methyl sites for hydroxylation is 2. The summed E-state index contributed by atoms with van der Waals surface area (Å²) < 4.78 is 11.3. The summed E-state index contributed by atoms with van der Waals surface area (Å²) in [5.74, 6) is 1.17. The molecule has 1 aliphatic rings. The van der Waals surface area contributed by atoms with Gasteiger partial charge in [-0.3, -0.25) is 14.5 Å². The van der Waals surface area contributed by atoms with Crippen LogP contribution in [0.3, 0.4) is 0 Å². The van der Waals surface area contributed by atoms with Crippen molar-refractivity contribution in [3.8, 4) is 0 Å². The van der Waals surface area contributed by atoms with Gasteiger partial charge in [-0.25, -0.2) is 0 Å². The second-order valence-electron chi connectivity index (χ2n) is 8.37. The van der Waals surface area contributed by atoms with Gasteiger partial charge in [0.1, 0.15) is 17.6 Å². The summed E-state index contributed by atoms with van der Waals surface area (Å²) in [5, 5.41) is 5.96. The molecule has 2 heterocycles. The van der Waals surface area contributed by atoms with E-state index >= 15 is 0 Å². The summed E-state index contributed by atoms with van der Waals surface area (Å²) in [5.41, 5.74) is 1.46. The van der Waals surface area contributed by atoms with Gasteiger partial charge in [-0.2, -0.15) is 0 Å². The first-order chi connectivity index (χ1) is 14.9. The molecule has 1 fully saturated rings. The molecule has 0 spiro atoms. The van der Waals surface area contributed by atoms with Crippen LogP contribution in [0.5, 0.6) is 0 Å².